The lowest BCUT2D eigenvalue weighted by molar-refractivity contribution is 0.0373. The van der Waals surface area contributed by atoms with Gasteiger partial charge in [0.05, 0.1) is 30.4 Å². The number of fused-ring (bicyclic) bond motifs is 2. The van der Waals surface area contributed by atoms with Crippen LogP contribution in [-0.2, 0) is 0 Å². The summed E-state index contributed by atoms with van der Waals surface area (Å²) in [7, 11) is 1.65. The van der Waals surface area contributed by atoms with Crippen molar-refractivity contribution in [1.29, 1.82) is 0 Å². The highest BCUT2D eigenvalue weighted by Crippen LogP contribution is 2.36. The maximum atomic E-state index is 13.6. The fraction of sp³-hybridized carbons (Fsp3) is 0.464. The Labute approximate surface area is 233 Å². The highest BCUT2D eigenvalue weighted by atomic mass is 16.7. The number of likely N-dealkylation sites (N-methyl/N-ethyl adjacent to an activating group) is 1. The van der Waals surface area contributed by atoms with Crippen LogP contribution in [0.4, 0.5) is 21.0 Å². The number of aliphatic hydroxyl groups excluding tert-OH is 1. The molecule has 0 fully saturated rings. The van der Waals surface area contributed by atoms with Crippen LogP contribution in [0.5, 0.6) is 17.2 Å². The SMILES string of the molecule is CC(C)NC(=O)Nc1cccc2c1O[C@H](CN(C)C(=O)Nc1ccc3c(c1)OCO3)[C@@H](C)CN([C@@H](C)CO)C2=O. The summed E-state index contributed by atoms with van der Waals surface area (Å²) in [6.45, 7) is 7.77. The fourth-order valence-electron chi connectivity index (χ4n) is 4.53. The number of hydrogen-bond acceptors (Lipinski definition) is 7. The van der Waals surface area contributed by atoms with Gasteiger partial charge in [-0.25, -0.2) is 9.59 Å². The lowest BCUT2D eigenvalue weighted by Crippen LogP contribution is -2.50. The van der Waals surface area contributed by atoms with Crippen molar-refractivity contribution in [3.8, 4) is 17.2 Å². The number of aliphatic hydroxyl groups is 1. The highest BCUT2D eigenvalue weighted by molar-refractivity contribution is 6.01. The van der Waals surface area contributed by atoms with E-state index in [1.54, 1.807) is 55.3 Å². The van der Waals surface area contributed by atoms with Crippen LogP contribution >= 0.6 is 0 Å². The number of carbonyl (C=O) groups is 3. The van der Waals surface area contributed by atoms with Gasteiger partial charge in [-0.05, 0) is 45.0 Å². The van der Waals surface area contributed by atoms with E-state index in [1.807, 2.05) is 20.8 Å². The van der Waals surface area contributed by atoms with E-state index in [1.165, 1.54) is 4.90 Å². The van der Waals surface area contributed by atoms with Gasteiger partial charge in [0.15, 0.2) is 17.2 Å². The van der Waals surface area contributed by atoms with E-state index in [-0.39, 0.29) is 55.2 Å². The summed E-state index contributed by atoms with van der Waals surface area (Å²) in [5.41, 5.74) is 1.13. The number of hydrogen-bond donors (Lipinski definition) is 4. The van der Waals surface area contributed by atoms with E-state index >= 15 is 0 Å². The number of nitrogens with one attached hydrogen (secondary N) is 3. The molecule has 5 amide bonds. The van der Waals surface area contributed by atoms with Crippen molar-refractivity contribution in [2.45, 2.75) is 45.9 Å². The fourth-order valence-corrected chi connectivity index (χ4v) is 4.53. The number of rotatable bonds is 7. The van der Waals surface area contributed by atoms with Crippen molar-refractivity contribution in [3.63, 3.8) is 0 Å². The number of amides is 5. The Balaban J connectivity index is 1.59. The van der Waals surface area contributed by atoms with Crippen molar-refractivity contribution in [1.82, 2.24) is 15.1 Å². The van der Waals surface area contributed by atoms with Crippen molar-refractivity contribution in [2.75, 3.05) is 44.2 Å². The lowest BCUT2D eigenvalue weighted by atomic mass is 9.99. The molecule has 12 heteroatoms. The number of ether oxygens (including phenoxy) is 3. The Kier molecular flexibility index (Phi) is 8.88. The molecular formula is C28H37N5O7. The van der Waals surface area contributed by atoms with Crippen LogP contribution in [0.1, 0.15) is 38.1 Å². The van der Waals surface area contributed by atoms with Crippen LogP contribution < -0.4 is 30.2 Å². The van der Waals surface area contributed by atoms with Gasteiger partial charge >= 0.3 is 12.1 Å². The van der Waals surface area contributed by atoms with Crippen LogP contribution in [0.15, 0.2) is 36.4 Å². The van der Waals surface area contributed by atoms with Crippen molar-refractivity contribution < 1.29 is 33.7 Å². The van der Waals surface area contributed by atoms with Gasteiger partial charge in [0.25, 0.3) is 5.91 Å². The standard InChI is InChI=1S/C28H37N5O7/c1-16(2)29-27(36)31-21-8-6-7-20-25(21)40-24(17(3)12-33(26(20)35)18(4)14-34)13-32(5)28(37)30-19-9-10-22-23(11-19)39-15-38-22/h6-11,16-18,24,34H,12-15H2,1-5H3,(H,30,37)(H2,29,31,36)/t17-,18-,24+/m0/s1. The number of carbonyl (C=O) groups excluding carboxylic acids is 3. The third-order valence-corrected chi connectivity index (χ3v) is 6.78. The average Bonchev–Trinajstić information content (AvgIpc) is 3.38. The minimum absolute atomic E-state index is 0.0985. The molecule has 4 rings (SSSR count). The molecule has 0 spiro atoms. The molecule has 0 unspecified atom stereocenters. The highest BCUT2D eigenvalue weighted by Gasteiger charge is 2.35. The summed E-state index contributed by atoms with van der Waals surface area (Å²) in [6.07, 6.45) is -0.552. The number of anilines is 2. The van der Waals surface area contributed by atoms with Gasteiger partial charge in [-0.1, -0.05) is 13.0 Å². The summed E-state index contributed by atoms with van der Waals surface area (Å²) < 4.78 is 17.2. The predicted molar refractivity (Wildman–Crippen MR) is 149 cm³/mol. The van der Waals surface area contributed by atoms with E-state index < -0.39 is 18.2 Å². The lowest BCUT2D eigenvalue weighted by Gasteiger charge is -2.38. The smallest absolute Gasteiger partial charge is 0.321 e. The van der Waals surface area contributed by atoms with E-state index in [2.05, 4.69) is 16.0 Å². The molecule has 0 radical (unpaired) electrons. The van der Waals surface area contributed by atoms with Crippen molar-refractivity contribution in [2.24, 2.45) is 5.92 Å². The van der Waals surface area contributed by atoms with Crippen LogP contribution in [0.25, 0.3) is 0 Å². The molecule has 2 aliphatic rings. The minimum atomic E-state index is -0.552. The largest absolute Gasteiger partial charge is 0.485 e. The number of urea groups is 2. The van der Waals surface area contributed by atoms with Crippen molar-refractivity contribution >= 4 is 29.3 Å². The quantitative estimate of drug-likeness (QED) is 0.411. The first-order valence-electron chi connectivity index (χ1n) is 13.3. The molecule has 2 aromatic rings. The van der Waals surface area contributed by atoms with Gasteiger partial charge in [-0.3, -0.25) is 4.79 Å². The zero-order valence-corrected chi connectivity index (χ0v) is 23.4. The van der Waals surface area contributed by atoms with Gasteiger partial charge in [0.1, 0.15) is 6.10 Å². The monoisotopic (exact) mass is 555 g/mol. The van der Waals surface area contributed by atoms with Gasteiger partial charge < -0.3 is 45.1 Å². The first kappa shape index (κ1) is 28.8. The van der Waals surface area contributed by atoms with E-state index in [0.717, 1.165) is 0 Å². The topological polar surface area (TPSA) is 142 Å². The number of nitrogens with zero attached hydrogens (tertiary/aromatic N) is 2. The molecule has 0 aliphatic carbocycles. The predicted octanol–water partition coefficient (Wildman–Crippen LogP) is 3.33. The maximum Gasteiger partial charge on any atom is 0.321 e. The normalized spacial score (nSPS) is 18.7. The zero-order chi connectivity index (χ0) is 29.0. The third kappa shape index (κ3) is 6.50. The van der Waals surface area contributed by atoms with Gasteiger partial charge in [0, 0.05) is 37.3 Å². The van der Waals surface area contributed by atoms with Crippen LogP contribution in [0.3, 0.4) is 0 Å². The molecule has 3 atom stereocenters. The second-order valence-corrected chi connectivity index (χ2v) is 10.4. The molecule has 0 saturated heterocycles. The van der Waals surface area contributed by atoms with E-state index in [4.69, 9.17) is 14.2 Å². The molecule has 4 N–H and O–H groups in total. The van der Waals surface area contributed by atoms with Crippen molar-refractivity contribution in [3.05, 3.63) is 42.0 Å². The Hall–Kier alpha value is -4.19. The Morgan fingerprint density at radius 3 is 2.60 bits per heavy atom. The second kappa shape index (κ2) is 12.3. The molecule has 0 bridgehead atoms. The Morgan fingerprint density at radius 1 is 1.12 bits per heavy atom. The summed E-state index contributed by atoms with van der Waals surface area (Å²) in [4.78, 5) is 42.3. The first-order chi connectivity index (χ1) is 19.1. The maximum absolute atomic E-state index is 13.6. The van der Waals surface area contributed by atoms with Gasteiger partial charge in [-0.2, -0.15) is 0 Å². The summed E-state index contributed by atoms with van der Waals surface area (Å²) in [5, 5.41) is 18.3. The van der Waals surface area contributed by atoms with E-state index in [9.17, 15) is 19.5 Å². The molecule has 0 saturated carbocycles. The summed E-state index contributed by atoms with van der Waals surface area (Å²) in [6, 6.07) is 8.75. The molecule has 40 heavy (non-hydrogen) atoms. The molecule has 0 aromatic heterocycles. The molecular weight excluding hydrogens is 518 g/mol. The number of benzene rings is 2. The van der Waals surface area contributed by atoms with Crippen LogP contribution in [-0.4, -0.2) is 84.6 Å². The first-order valence-corrected chi connectivity index (χ1v) is 13.3. The molecule has 2 aromatic carbocycles. The zero-order valence-electron chi connectivity index (χ0n) is 23.4. The van der Waals surface area contributed by atoms with Crippen LogP contribution in [0.2, 0.25) is 0 Å². The minimum Gasteiger partial charge on any atom is -0.485 e. The molecule has 2 heterocycles. The third-order valence-electron chi connectivity index (χ3n) is 6.78. The van der Waals surface area contributed by atoms with Gasteiger partial charge in [0.2, 0.25) is 6.79 Å². The molecule has 12 nitrogen and oxygen atoms in total. The summed E-state index contributed by atoms with van der Waals surface area (Å²) in [5.74, 6) is 0.832. The average molecular weight is 556 g/mol. The summed E-state index contributed by atoms with van der Waals surface area (Å²) >= 11 is 0. The van der Waals surface area contributed by atoms with E-state index in [0.29, 0.717) is 29.4 Å². The second-order valence-electron chi connectivity index (χ2n) is 10.4. The van der Waals surface area contributed by atoms with Crippen LogP contribution in [0, 0.1) is 5.92 Å². The Morgan fingerprint density at radius 2 is 1.88 bits per heavy atom. The molecule has 216 valence electrons. The molecule has 2 aliphatic heterocycles. The van der Waals surface area contributed by atoms with Gasteiger partial charge in [-0.15, -0.1) is 0 Å². The Bertz CT molecular complexity index is 1250. The number of para-hydroxylation sites is 1.